The summed E-state index contributed by atoms with van der Waals surface area (Å²) in [7, 11) is 0. The summed E-state index contributed by atoms with van der Waals surface area (Å²) in [5.41, 5.74) is 9.31. The van der Waals surface area contributed by atoms with Crippen LogP contribution in [0.2, 0.25) is 0 Å². The van der Waals surface area contributed by atoms with Crippen LogP contribution in [0.5, 0.6) is 0 Å². The van der Waals surface area contributed by atoms with Crippen molar-refractivity contribution in [1.29, 1.82) is 0 Å². The first-order chi connectivity index (χ1) is 11.5. The molecule has 0 bridgehead atoms. The van der Waals surface area contributed by atoms with Crippen molar-refractivity contribution in [1.82, 2.24) is 0 Å². The molecule has 0 spiro atoms. The highest BCUT2D eigenvalue weighted by Gasteiger charge is 2.43. The van der Waals surface area contributed by atoms with Crippen LogP contribution in [0.15, 0.2) is 48.5 Å². The average molecular weight is 322 g/mol. The van der Waals surface area contributed by atoms with E-state index in [0.29, 0.717) is 6.42 Å². The predicted octanol–water partition coefficient (Wildman–Crippen LogP) is 2.65. The van der Waals surface area contributed by atoms with E-state index in [1.165, 1.54) is 0 Å². The Morgan fingerprint density at radius 1 is 1.21 bits per heavy atom. The van der Waals surface area contributed by atoms with Gasteiger partial charge in [-0.25, -0.2) is 0 Å². The van der Waals surface area contributed by atoms with Crippen molar-refractivity contribution in [2.75, 3.05) is 4.90 Å². The lowest BCUT2D eigenvalue weighted by atomic mass is 9.92. The van der Waals surface area contributed by atoms with Crippen LogP contribution in [0.4, 0.5) is 5.69 Å². The van der Waals surface area contributed by atoms with E-state index in [1.807, 2.05) is 55.5 Å². The van der Waals surface area contributed by atoms with Crippen LogP contribution in [0.25, 0.3) is 0 Å². The number of anilines is 1. The minimum Gasteiger partial charge on any atom is -0.385 e. The van der Waals surface area contributed by atoms with Gasteiger partial charge in [0.25, 0.3) is 0 Å². The van der Waals surface area contributed by atoms with E-state index in [9.17, 15) is 9.90 Å². The molecule has 1 amide bonds. The monoisotopic (exact) mass is 322 g/mol. The first-order valence-corrected chi connectivity index (χ1v) is 8.49. The Balaban J connectivity index is 1.80. The van der Waals surface area contributed by atoms with E-state index >= 15 is 0 Å². The number of hydrogen-bond donors (Lipinski definition) is 2. The predicted molar refractivity (Wildman–Crippen MR) is 93.6 cm³/mol. The summed E-state index contributed by atoms with van der Waals surface area (Å²) in [6, 6.07) is 15.3. The number of carbonyl (C=O) groups is 1. The van der Waals surface area contributed by atoms with Gasteiger partial charge in [-0.15, -0.1) is 0 Å². The summed E-state index contributed by atoms with van der Waals surface area (Å²) >= 11 is 0. The summed E-state index contributed by atoms with van der Waals surface area (Å²) in [4.78, 5) is 14.6. The second-order valence-corrected chi connectivity index (χ2v) is 6.98. The summed E-state index contributed by atoms with van der Waals surface area (Å²) in [5, 5.41) is 10.4. The van der Waals surface area contributed by atoms with E-state index in [4.69, 9.17) is 5.73 Å². The third-order valence-corrected chi connectivity index (χ3v) is 5.27. The van der Waals surface area contributed by atoms with Crippen molar-refractivity contribution in [2.45, 2.75) is 43.9 Å². The highest BCUT2D eigenvalue weighted by atomic mass is 16.3. The fourth-order valence-electron chi connectivity index (χ4n) is 3.56. The van der Waals surface area contributed by atoms with Gasteiger partial charge in [-0.2, -0.15) is 0 Å². The standard InChI is InChI=1S/C20H22N2O2/c1-13(14-5-3-2-4-6-14)22-18-12-16(20(24)9-10-20)8-7-15(18)11-17(21)19(22)23/h2-8,12-13,17,24H,9-11,21H2,1H3/t13-,17+/m0/s1. The fourth-order valence-corrected chi connectivity index (χ4v) is 3.56. The Kier molecular flexibility index (Phi) is 3.48. The summed E-state index contributed by atoms with van der Waals surface area (Å²) < 4.78 is 0. The van der Waals surface area contributed by atoms with Crippen molar-refractivity contribution >= 4 is 11.6 Å². The van der Waals surface area contributed by atoms with Gasteiger partial charge in [0.2, 0.25) is 5.91 Å². The van der Waals surface area contributed by atoms with Crippen molar-refractivity contribution in [3.8, 4) is 0 Å². The van der Waals surface area contributed by atoms with Crippen LogP contribution in [0, 0.1) is 0 Å². The molecule has 2 aliphatic rings. The lowest BCUT2D eigenvalue weighted by molar-refractivity contribution is -0.120. The van der Waals surface area contributed by atoms with E-state index in [1.54, 1.807) is 4.90 Å². The quantitative estimate of drug-likeness (QED) is 0.913. The van der Waals surface area contributed by atoms with Crippen LogP contribution in [0.3, 0.4) is 0 Å². The second kappa shape index (κ2) is 5.43. The Morgan fingerprint density at radius 3 is 2.58 bits per heavy atom. The van der Waals surface area contributed by atoms with E-state index in [2.05, 4.69) is 0 Å². The van der Waals surface area contributed by atoms with Gasteiger partial charge in [0.05, 0.1) is 17.7 Å². The molecule has 4 heteroatoms. The molecule has 0 aromatic heterocycles. The normalized spacial score (nSPS) is 22.9. The molecular formula is C20H22N2O2. The maximum atomic E-state index is 12.8. The molecule has 0 unspecified atom stereocenters. The smallest absolute Gasteiger partial charge is 0.244 e. The average Bonchev–Trinajstić information content (AvgIpc) is 3.35. The van der Waals surface area contributed by atoms with Crippen molar-refractivity contribution in [3.05, 3.63) is 65.2 Å². The molecule has 4 nitrogen and oxygen atoms in total. The molecule has 0 saturated heterocycles. The lowest BCUT2D eigenvalue weighted by Crippen LogP contribution is -2.49. The van der Waals surface area contributed by atoms with Crippen molar-refractivity contribution in [2.24, 2.45) is 5.73 Å². The van der Waals surface area contributed by atoms with Gasteiger partial charge in [0.1, 0.15) is 0 Å². The molecule has 2 atom stereocenters. The number of benzene rings is 2. The number of fused-ring (bicyclic) bond motifs is 1. The molecule has 1 heterocycles. The summed E-state index contributed by atoms with van der Waals surface area (Å²) in [5.74, 6) is -0.0567. The summed E-state index contributed by atoms with van der Waals surface area (Å²) in [6.07, 6.45) is 2.12. The topological polar surface area (TPSA) is 66.6 Å². The van der Waals surface area contributed by atoms with Crippen LogP contribution in [-0.2, 0) is 16.8 Å². The van der Waals surface area contributed by atoms with Crippen molar-refractivity contribution in [3.63, 3.8) is 0 Å². The highest BCUT2D eigenvalue weighted by molar-refractivity contribution is 6.00. The first kappa shape index (κ1) is 15.4. The van der Waals surface area contributed by atoms with E-state index in [-0.39, 0.29) is 11.9 Å². The Bertz CT molecular complexity index is 783. The Labute approximate surface area is 141 Å². The van der Waals surface area contributed by atoms with Crippen LogP contribution >= 0.6 is 0 Å². The van der Waals surface area contributed by atoms with Crippen LogP contribution < -0.4 is 10.6 Å². The van der Waals surface area contributed by atoms with Gasteiger partial charge in [0, 0.05) is 5.69 Å². The van der Waals surface area contributed by atoms with Crippen molar-refractivity contribution < 1.29 is 9.90 Å². The fraction of sp³-hybridized carbons (Fsp3) is 0.350. The number of nitrogens with two attached hydrogens (primary N) is 1. The molecular weight excluding hydrogens is 300 g/mol. The largest absolute Gasteiger partial charge is 0.385 e. The molecule has 124 valence electrons. The molecule has 1 fully saturated rings. The van der Waals surface area contributed by atoms with Gasteiger partial charge < -0.3 is 15.7 Å². The number of amides is 1. The maximum Gasteiger partial charge on any atom is 0.244 e. The molecule has 1 saturated carbocycles. The minimum absolute atomic E-state index is 0.0567. The lowest BCUT2D eigenvalue weighted by Gasteiger charge is -2.37. The first-order valence-electron chi connectivity index (χ1n) is 8.49. The number of carbonyl (C=O) groups excluding carboxylic acids is 1. The minimum atomic E-state index is -0.709. The maximum absolute atomic E-state index is 12.8. The zero-order chi connectivity index (χ0) is 16.9. The molecule has 1 aliphatic heterocycles. The van der Waals surface area contributed by atoms with E-state index < -0.39 is 11.6 Å². The second-order valence-electron chi connectivity index (χ2n) is 6.98. The number of nitrogens with zero attached hydrogens (tertiary/aromatic N) is 1. The number of rotatable bonds is 3. The molecule has 2 aromatic carbocycles. The van der Waals surface area contributed by atoms with Gasteiger partial charge >= 0.3 is 0 Å². The van der Waals surface area contributed by atoms with E-state index in [0.717, 1.165) is 35.2 Å². The molecule has 3 N–H and O–H groups in total. The van der Waals surface area contributed by atoms with Gasteiger partial charge in [-0.05, 0) is 48.9 Å². The van der Waals surface area contributed by atoms with Gasteiger partial charge in [0.15, 0.2) is 0 Å². The van der Waals surface area contributed by atoms with Crippen LogP contribution in [0.1, 0.15) is 42.5 Å². The number of aliphatic hydroxyl groups is 1. The summed E-state index contributed by atoms with van der Waals surface area (Å²) in [6.45, 7) is 2.02. The zero-order valence-corrected chi connectivity index (χ0v) is 13.8. The molecule has 0 radical (unpaired) electrons. The Hall–Kier alpha value is -2.17. The number of hydrogen-bond acceptors (Lipinski definition) is 3. The SMILES string of the molecule is C[C@@H](c1ccccc1)N1C(=O)[C@H](N)Cc2ccc(C3(O)CC3)cc21. The Morgan fingerprint density at radius 2 is 1.92 bits per heavy atom. The highest BCUT2D eigenvalue weighted by Crippen LogP contribution is 2.47. The zero-order valence-electron chi connectivity index (χ0n) is 13.8. The third-order valence-electron chi connectivity index (χ3n) is 5.27. The van der Waals surface area contributed by atoms with Gasteiger partial charge in [-0.3, -0.25) is 4.79 Å². The third kappa shape index (κ3) is 2.43. The molecule has 4 rings (SSSR count). The van der Waals surface area contributed by atoms with Gasteiger partial charge in [-0.1, -0.05) is 42.5 Å². The molecule has 24 heavy (non-hydrogen) atoms. The molecule has 2 aromatic rings. The molecule has 1 aliphatic carbocycles. The van der Waals surface area contributed by atoms with Crippen LogP contribution in [-0.4, -0.2) is 17.1 Å².